The predicted molar refractivity (Wildman–Crippen MR) is 129 cm³/mol. The number of carbonyl (C=O) groups excluding carboxylic acids is 4. The number of anilines is 1. The molecule has 180 valence electrons. The van der Waals surface area contributed by atoms with Crippen LogP contribution < -0.4 is 20.3 Å². The Hall–Kier alpha value is -4.44. The van der Waals surface area contributed by atoms with E-state index >= 15 is 0 Å². The number of imide groups is 2. The molecular formula is C25H24N4O6. The molecule has 10 nitrogen and oxygen atoms in total. The van der Waals surface area contributed by atoms with Gasteiger partial charge in [0.2, 0.25) is 5.91 Å². The second-order valence-corrected chi connectivity index (χ2v) is 7.73. The third-order valence-electron chi connectivity index (χ3n) is 5.47. The summed E-state index contributed by atoms with van der Waals surface area (Å²) in [4.78, 5) is 51.6. The van der Waals surface area contributed by atoms with Crippen LogP contribution in [0, 0.1) is 0 Å². The molecule has 0 aliphatic carbocycles. The molecule has 0 atom stereocenters. The average molecular weight is 476 g/mol. The first-order chi connectivity index (χ1) is 16.9. The summed E-state index contributed by atoms with van der Waals surface area (Å²) >= 11 is 0. The van der Waals surface area contributed by atoms with E-state index < -0.39 is 17.8 Å². The summed E-state index contributed by atoms with van der Waals surface area (Å²) in [6.07, 6.45) is 3.12. The molecule has 1 saturated heterocycles. The van der Waals surface area contributed by atoms with Crippen LogP contribution >= 0.6 is 0 Å². The van der Waals surface area contributed by atoms with Gasteiger partial charge in [-0.1, -0.05) is 24.3 Å². The third-order valence-corrected chi connectivity index (χ3v) is 5.47. The van der Waals surface area contributed by atoms with E-state index in [0.29, 0.717) is 24.5 Å². The number of amides is 5. The minimum Gasteiger partial charge on any atom is -0.497 e. The van der Waals surface area contributed by atoms with Crippen molar-refractivity contribution in [1.29, 1.82) is 0 Å². The first-order valence-corrected chi connectivity index (χ1v) is 10.8. The van der Waals surface area contributed by atoms with Crippen molar-refractivity contribution in [2.24, 2.45) is 0 Å². The Labute approximate surface area is 201 Å². The molecule has 1 aromatic heterocycles. The molecule has 2 N–H and O–H groups in total. The van der Waals surface area contributed by atoms with Gasteiger partial charge in [0.05, 0.1) is 19.4 Å². The topological polar surface area (TPSA) is 119 Å². The number of barbiturate groups is 1. The lowest BCUT2D eigenvalue weighted by Crippen LogP contribution is -2.54. The Morgan fingerprint density at radius 3 is 2.66 bits per heavy atom. The van der Waals surface area contributed by atoms with Gasteiger partial charge in [-0.15, -0.1) is 0 Å². The van der Waals surface area contributed by atoms with Gasteiger partial charge in [-0.2, -0.15) is 0 Å². The maximum Gasteiger partial charge on any atom is 0.335 e. The number of benzene rings is 2. The smallest absolute Gasteiger partial charge is 0.335 e. The fraction of sp³-hybridized carbons (Fsp3) is 0.200. The monoisotopic (exact) mass is 476 g/mol. The van der Waals surface area contributed by atoms with Crippen molar-refractivity contribution in [1.82, 2.24) is 15.2 Å². The van der Waals surface area contributed by atoms with Crippen LogP contribution in [-0.2, 0) is 25.7 Å². The van der Waals surface area contributed by atoms with Crippen LogP contribution in [-0.4, -0.2) is 55.7 Å². The third kappa shape index (κ3) is 4.92. The van der Waals surface area contributed by atoms with E-state index in [2.05, 4.69) is 10.6 Å². The van der Waals surface area contributed by atoms with Crippen LogP contribution in [0.1, 0.15) is 5.56 Å². The van der Waals surface area contributed by atoms with Gasteiger partial charge < -0.3 is 19.4 Å². The van der Waals surface area contributed by atoms with Crippen LogP contribution in [0.3, 0.4) is 0 Å². The molecule has 1 aliphatic heterocycles. The number of nitrogens with zero attached hydrogens (tertiary/aromatic N) is 2. The number of urea groups is 1. The summed E-state index contributed by atoms with van der Waals surface area (Å²) in [5, 5.41) is 5.73. The van der Waals surface area contributed by atoms with Gasteiger partial charge in [0.1, 0.15) is 17.9 Å². The summed E-state index contributed by atoms with van der Waals surface area (Å²) in [5.74, 6) is -1.31. The van der Waals surface area contributed by atoms with E-state index in [1.54, 1.807) is 36.1 Å². The van der Waals surface area contributed by atoms with Gasteiger partial charge in [-0.05, 0) is 24.3 Å². The second-order valence-electron chi connectivity index (χ2n) is 7.73. The van der Waals surface area contributed by atoms with Crippen LogP contribution in [0.2, 0.25) is 0 Å². The van der Waals surface area contributed by atoms with Gasteiger partial charge in [0.15, 0.2) is 0 Å². The first-order valence-electron chi connectivity index (χ1n) is 10.8. The highest BCUT2D eigenvalue weighted by Gasteiger charge is 2.37. The van der Waals surface area contributed by atoms with Gasteiger partial charge >= 0.3 is 6.03 Å². The largest absolute Gasteiger partial charge is 0.497 e. The van der Waals surface area contributed by atoms with Crippen molar-refractivity contribution < 1.29 is 28.7 Å². The molecule has 2 heterocycles. The van der Waals surface area contributed by atoms with E-state index in [1.807, 2.05) is 24.3 Å². The highest BCUT2D eigenvalue weighted by atomic mass is 16.5. The zero-order valence-corrected chi connectivity index (χ0v) is 19.2. The normalized spacial score (nSPS) is 15.0. The molecule has 2 aromatic carbocycles. The Morgan fingerprint density at radius 1 is 1.09 bits per heavy atom. The second kappa shape index (κ2) is 10.2. The molecule has 4 rings (SSSR count). The SMILES string of the molecule is COCCNC(=O)Cn1cc(/C=C2\C(=O)NC(=O)N(c3cccc(OC)c3)C2=O)c2ccccc21. The number of nitrogens with one attached hydrogen (secondary N) is 2. The summed E-state index contributed by atoms with van der Waals surface area (Å²) in [5.41, 5.74) is 1.37. The van der Waals surface area contributed by atoms with E-state index in [9.17, 15) is 19.2 Å². The lowest BCUT2D eigenvalue weighted by Gasteiger charge is -2.26. The van der Waals surface area contributed by atoms with Gasteiger partial charge in [0.25, 0.3) is 11.8 Å². The van der Waals surface area contributed by atoms with Crippen molar-refractivity contribution in [3.05, 3.63) is 65.9 Å². The molecule has 0 spiro atoms. The van der Waals surface area contributed by atoms with Crippen LogP contribution in [0.4, 0.5) is 10.5 Å². The quantitative estimate of drug-likeness (QED) is 0.292. The van der Waals surface area contributed by atoms with Crippen molar-refractivity contribution in [2.45, 2.75) is 6.54 Å². The molecule has 0 saturated carbocycles. The number of hydrogen-bond acceptors (Lipinski definition) is 6. The number of ether oxygens (including phenoxy) is 2. The number of hydrogen-bond donors (Lipinski definition) is 2. The van der Waals surface area contributed by atoms with E-state index in [1.165, 1.54) is 19.3 Å². The van der Waals surface area contributed by atoms with Crippen LogP contribution in [0.15, 0.2) is 60.3 Å². The summed E-state index contributed by atoms with van der Waals surface area (Å²) in [6.45, 7) is 0.825. The highest BCUT2D eigenvalue weighted by molar-refractivity contribution is 6.39. The summed E-state index contributed by atoms with van der Waals surface area (Å²) in [7, 11) is 3.02. The van der Waals surface area contributed by atoms with E-state index in [0.717, 1.165) is 15.8 Å². The lowest BCUT2D eigenvalue weighted by molar-refractivity contribution is -0.123. The van der Waals surface area contributed by atoms with Crippen molar-refractivity contribution in [3.63, 3.8) is 0 Å². The first kappa shape index (κ1) is 23.7. The number of fused-ring (bicyclic) bond motifs is 1. The predicted octanol–water partition coefficient (Wildman–Crippen LogP) is 2.08. The van der Waals surface area contributed by atoms with Crippen molar-refractivity contribution >= 4 is 46.4 Å². The number of rotatable bonds is 8. The van der Waals surface area contributed by atoms with Gasteiger partial charge in [0, 0.05) is 42.4 Å². The van der Waals surface area contributed by atoms with Crippen molar-refractivity contribution in [3.8, 4) is 5.75 Å². The molecule has 0 bridgehead atoms. The van der Waals surface area contributed by atoms with Crippen molar-refractivity contribution in [2.75, 3.05) is 32.3 Å². The Kier molecular flexibility index (Phi) is 6.93. The molecule has 0 unspecified atom stereocenters. The average Bonchev–Trinajstić information content (AvgIpc) is 3.19. The molecule has 35 heavy (non-hydrogen) atoms. The number of para-hydroxylation sites is 1. The maximum atomic E-state index is 13.3. The van der Waals surface area contributed by atoms with Gasteiger partial charge in [-0.3, -0.25) is 19.7 Å². The Morgan fingerprint density at radius 2 is 1.89 bits per heavy atom. The molecule has 3 aromatic rings. The Bertz CT molecular complexity index is 1340. The molecular weight excluding hydrogens is 452 g/mol. The minimum absolute atomic E-state index is 0.0436. The van der Waals surface area contributed by atoms with Crippen LogP contribution in [0.5, 0.6) is 5.75 Å². The zero-order chi connectivity index (χ0) is 24.9. The lowest BCUT2D eigenvalue weighted by atomic mass is 10.1. The summed E-state index contributed by atoms with van der Waals surface area (Å²) < 4.78 is 11.9. The number of aromatic nitrogens is 1. The van der Waals surface area contributed by atoms with E-state index in [4.69, 9.17) is 9.47 Å². The molecule has 1 aliphatic rings. The zero-order valence-electron chi connectivity index (χ0n) is 19.2. The highest BCUT2D eigenvalue weighted by Crippen LogP contribution is 2.28. The standard InChI is InChI=1S/C25H24N4O6/c1-34-11-10-26-22(30)15-28-14-16(19-8-3-4-9-21(19)28)12-20-23(31)27-25(33)29(24(20)32)17-6-5-7-18(13-17)35-2/h3-9,12-14H,10-11,15H2,1-2H3,(H,26,30)(H,27,31,33)/b20-12+. The molecule has 5 amide bonds. The fourth-order valence-electron chi connectivity index (χ4n) is 3.82. The molecule has 10 heteroatoms. The number of methoxy groups -OCH3 is 2. The molecule has 1 fully saturated rings. The van der Waals surface area contributed by atoms with Gasteiger partial charge in [-0.25, -0.2) is 9.69 Å². The van der Waals surface area contributed by atoms with Crippen LogP contribution in [0.25, 0.3) is 17.0 Å². The molecule has 0 radical (unpaired) electrons. The maximum absolute atomic E-state index is 13.3. The number of carbonyl (C=O) groups is 4. The Balaban J connectivity index is 1.69. The minimum atomic E-state index is -0.847. The fourth-order valence-corrected chi connectivity index (χ4v) is 3.82. The van der Waals surface area contributed by atoms with E-state index in [-0.39, 0.29) is 23.7 Å². The summed E-state index contributed by atoms with van der Waals surface area (Å²) in [6, 6.07) is 12.9.